The lowest BCUT2D eigenvalue weighted by Gasteiger charge is -2.31. The highest BCUT2D eigenvalue weighted by molar-refractivity contribution is 5.88. The van der Waals surface area contributed by atoms with Crippen molar-refractivity contribution in [3.8, 4) is 0 Å². The Labute approximate surface area is 120 Å². The molecule has 2 rings (SSSR count). The molecule has 1 aromatic heterocycles. The molecule has 1 aromatic rings. The monoisotopic (exact) mass is 277 g/mol. The second kappa shape index (κ2) is 6.70. The molecule has 0 unspecified atom stereocenters. The van der Waals surface area contributed by atoms with Crippen LogP contribution in [0.1, 0.15) is 35.8 Å². The summed E-state index contributed by atoms with van der Waals surface area (Å²) in [6.45, 7) is 8.32. The first-order chi connectivity index (χ1) is 9.58. The van der Waals surface area contributed by atoms with Gasteiger partial charge in [-0.25, -0.2) is 9.78 Å². The molecule has 0 saturated carbocycles. The quantitative estimate of drug-likeness (QED) is 0.864. The van der Waals surface area contributed by atoms with Crippen LogP contribution in [0, 0.1) is 12.8 Å². The molecule has 5 nitrogen and oxygen atoms in total. The smallest absolute Gasteiger partial charge is 0.335 e. The molecule has 0 spiro atoms. The Kier molecular flexibility index (Phi) is 4.95. The molecule has 0 amide bonds. The van der Waals surface area contributed by atoms with Crippen LogP contribution in [0.3, 0.4) is 0 Å². The summed E-state index contributed by atoms with van der Waals surface area (Å²) in [5.41, 5.74) is 1.02. The SMILES string of the molecule is CCN1CCC(CNc2cc(C(=O)O)cc(C)n2)CC1. The van der Waals surface area contributed by atoms with E-state index in [1.807, 2.05) is 6.92 Å². The predicted molar refractivity (Wildman–Crippen MR) is 79.3 cm³/mol. The highest BCUT2D eigenvalue weighted by Crippen LogP contribution is 2.18. The number of carboxylic acid groups (broad SMARTS) is 1. The van der Waals surface area contributed by atoms with E-state index in [-0.39, 0.29) is 0 Å². The Balaban J connectivity index is 1.89. The van der Waals surface area contributed by atoms with Gasteiger partial charge in [-0.2, -0.15) is 0 Å². The van der Waals surface area contributed by atoms with Gasteiger partial charge in [0.2, 0.25) is 0 Å². The maximum atomic E-state index is 11.0. The van der Waals surface area contributed by atoms with Gasteiger partial charge in [0.05, 0.1) is 5.56 Å². The van der Waals surface area contributed by atoms with E-state index in [9.17, 15) is 4.79 Å². The van der Waals surface area contributed by atoms with Gasteiger partial charge in [0.15, 0.2) is 0 Å². The summed E-state index contributed by atoms with van der Waals surface area (Å²) in [5.74, 6) is 0.406. The first-order valence-electron chi connectivity index (χ1n) is 7.26. The number of rotatable bonds is 5. The largest absolute Gasteiger partial charge is 0.478 e. The fourth-order valence-corrected chi connectivity index (χ4v) is 2.64. The maximum Gasteiger partial charge on any atom is 0.335 e. The van der Waals surface area contributed by atoms with E-state index in [4.69, 9.17) is 5.11 Å². The van der Waals surface area contributed by atoms with Crippen molar-refractivity contribution in [1.29, 1.82) is 0 Å². The number of hydrogen-bond acceptors (Lipinski definition) is 4. The summed E-state index contributed by atoms with van der Waals surface area (Å²) < 4.78 is 0. The lowest BCUT2D eigenvalue weighted by atomic mass is 9.97. The van der Waals surface area contributed by atoms with E-state index in [2.05, 4.69) is 22.1 Å². The fourth-order valence-electron chi connectivity index (χ4n) is 2.64. The summed E-state index contributed by atoms with van der Waals surface area (Å²) in [7, 11) is 0. The fraction of sp³-hybridized carbons (Fsp3) is 0.600. The molecular weight excluding hydrogens is 254 g/mol. The lowest BCUT2D eigenvalue weighted by Crippen LogP contribution is -2.35. The van der Waals surface area contributed by atoms with Crippen molar-refractivity contribution in [2.45, 2.75) is 26.7 Å². The number of aromatic nitrogens is 1. The van der Waals surface area contributed by atoms with Gasteiger partial charge in [0, 0.05) is 12.2 Å². The van der Waals surface area contributed by atoms with Crippen LogP contribution in [-0.2, 0) is 0 Å². The van der Waals surface area contributed by atoms with Crippen molar-refractivity contribution in [2.24, 2.45) is 5.92 Å². The van der Waals surface area contributed by atoms with Gasteiger partial charge in [-0.3, -0.25) is 0 Å². The zero-order valence-electron chi connectivity index (χ0n) is 12.2. The van der Waals surface area contributed by atoms with Gasteiger partial charge < -0.3 is 15.3 Å². The molecule has 2 heterocycles. The Bertz CT molecular complexity index is 468. The first kappa shape index (κ1) is 14.8. The number of pyridine rings is 1. The van der Waals surface area contributed by atoms with Crippen LogP contribution in [-0.4, -0.2) is 47.1 Å². The van der Waals surface area contributed by atoms with Crippen LogP contribution in [0.25, 0.3) is 0 Å². The minimum atomic E-state index is -0.908. The number of anilines is 1. The Hall–Kier alpha value is -1.62. The van der Waals surface area contributed by atoms with Crippen LogP contribution in [0.4, 0.5) is 5.82 Å². The molecule has 0 aromatic carbocycles. The predicted octanol–water partition coefficient (Wildman–Crippen LogP) is 2.23. The van der Waals surface area contributed by atoms with Crippen molar-refractivity contribution in [1.82, 2.24) is 9.88 Å². The zero-order chi connectivity index (χ0) is 14.5. The number of piperidine rings is 1. The Morgan fingerprint density at radius 1 is 1.45 bits per heavy atom. The highest BCUT2D eigenvalue weighted by Gasteiger charge is 2.18. The molecule has 1 fully saturated rings. The number of nitrogens with one attached hydrogen (secondary N) is 1. The van der Waals surface area contributed by atoms with E-state index < -0.39 is 5.97 Å². The van der Waals surface area contributed by atoms with Crippen molar-refractivity contribution < 1.29 is 9.90 Å². The summed E-state index contributed by atoms with van der Waals surface area (Å²) in [6.07, 6.45) is 2.39. The highest BCUT2D eigenvalue weighted by atomic mass is 16.4. The molecule has 1 saturated heterocycles. The summed E-state index contributed by atoms with van der Waals surface area (Å²) in [6, 6.07) is 3.20. The lowest BCUT2D eigenvalue weighted by molar-refractivity contribution is 0.0696. The third-order valence-corrected chi connectivity index (χ3v) is 3.93. The van der Waals surface area contributed by atoms with E-state index in [0.717, 1.165) is 31.9 Å². The molecule has 0 atom stereocenters. The number of likely N-dealkylation sites (tertiary alicyclic amines) is 1. The number of aromatic carboxylic acids is 1. The van der Waals surface area contributed by atoms with Crippen molar-refractivity contribution in [3.05, 3.63) is 23.4 Å². The number of hydrogen-bond donors (Lipinski definition) is 2. The standard InChI is InChI=1S/C15H23N3O2/c1-3-18-6-4-12(5-7-18)10-16-14-9-13(15(19)20)8-11(2)17-14/h8-9,12H,3-7,10H2,1-2H3,(H,16,17)(H,19,20). The molecular formula is C15H23N3O2. The van der Waals surface area contributed by atoms with Crippen molar-refractivity contribution in [2.75, 3.05) is 31.5 Å². The molecule has 2 N–H and O–H groups in total. The Morgan fingerprint density at radius 3 is 2.75 bits per heavy atom. The number of carbonyl (C=O) groups is 1. The molecule has 110 valence electrons. The number of nitrogens with zero attached hydrogens (tertiary/aromatic N) is 2. The van der Waals surface area contributed by atoms with Crippen molar-refractivity contribution in [3.63, 3.8) is 0 Å². The molecule has 1 aliphatic rings. The van der Waals surface area contributed by atoms with Crippen molar-refractivity contribution >= 4 is 11.8 Å². The summed E-state index contributed by atoms with van der Waals surface area (Å²) in [5, 5.41) is 12.3. The van der Waals surface area contributed by atoms with E-state index in [1.54, 1.807) is 12.1 Å². The zero-order valence-corrected chi connectivity index (χ0v) is 12.2. The minimum absolute atomic E-state index is 0.292. The molecule has 0 aliphatic carbocycles. The van der Waals surface area contributed by atoms with Gasteiger partial charge >= 0.3 is 5.97 Å². The normalized spacial score (nSPS) is 17.1. The van der Waals surface area contributed by atoms with Gasteiger partial charge in [-0.1, -0.05) is 6.92 Å². The van der Waals surface area contributed by atoms with Crippen LogP contribution in [0.2, 0.25) is 0 Å². The summed E-state index contributed by atoms with van der Waals surface area (Å²) in [4.78, 5) is 17.8. The molecule has 0 bridgehead atoms. The van der Waals surface area contributed by atoms with Crippen LogP contribution in [0.5, 0.6) is 0 Å². The van der Waals surface area contributed by atoms with E-state index in [0.29, 0.717) is 17.3 Å². The molecule has 20 heavy (non-hydrogen) atoms. The molecule has 1 aliphatic heterocycles. The minimum Gasteiger partial charge on any atom is -0.478 e. The van der Waals surface area contributed by atoms with Gasteiger partial charge in [-0.15, -0.1) is 0 Å². The second-order valence-corrected chi connectivity index (χ2v) is 5.45. The van der Waals surface area contributed by atoms with Crippen LogP contribution < -0.4 is 5.32 Å². The van der Waals surface area contributed by atoms with Crippen LogP contribution in [0.15, 0.2) is 12.1 Å². The average Bonchev–Trinajstić information content (AvgIpc) is 2.45. The maximum absolute atomic E-state index is 11.0. The topological polar surface area (TPSA) is 65.5 Å². The summed E-state index contributed by atoms with van der Waals surface area (Å²) >= 11 is 0. The molecule has 5 heteroatoms. The second-order valence-electron chi connectivity index (χ2n) is 5.45. The van der Waals surface area contributed by atoms with Crippen LogP contribution >= 0.6 is 0 Å². The average molecular weight is 277 g/mol. The number of carboxylic acids is 1. The first-order valence-corrected chi connectivity index (χ1v) is 7.26. The van der Waals surface area contributed by atoms with Gasteiger partial charge in [0.1, 0.15) is 5.82 Å². The Morgan fingerprint density at radius 2 is 2.15 bits per heavy atom. The van der Waals surface area contributed by atoms with E-state index >= 15 is 0 Å². The third-order valence-electron chi connectivity index (χ3n) is 3.93. The number of aryl methyl sites for hydroxylation is 1. The van der Waals surface area contributed by atoms with Gasteiger partial charge in [0.25, 0.3) is 0 Å². The third kappa shape index (κ3) is 3.93. The van der Waals surface area contributed by atoms with Gasteiger partial charge in [-0.05, 0) is 57.5 Å². The molecule has 0 radical (unpaired) electrons. The van der Waals surface area contributed by atoms with E-state index in [1.165, 1.54) is 12.8 Å².